The number of hydrogen-bond donors (Lipinski definition) is 1. The monoisotopic (exact) mass is 218 g/mol. The van der Waals surface area contributed by atoms with Crippen LogP contribution in [-0.2, 0) is 0 Å². The van der Waals surface area contributed by atoms with Crippen molar-refractivity contribution in [1.29, 1.82) is 0 Å². The standard InChI is InChI=1S/C14H22N2/c1-5-11(3)8-14(16-6-2)13-7-12(4)9-15-10-13/h7,9-10,14,16H,3,5-6,8H2,1-2,4H3. The Kier molecular flexibility index (Phi) is 5.20. The van der Waals surface area contributed by atoms with Crippen LogP contribution in [0, 0.1) is 6.92 Å². The highest BCUT2D eigenvalue weighted by atomic mass is 14.9. The van der Waals surface area contributed by atoms with Gasteiger partial charge in [-0.3, -0.25) is 4.98 Å². The average molecular weight is 218 g/mol. The first kappa shape index (κ1) is 12.9. The smallest absolute Gasteiger partial charge is 0.0372 e. The van der Waals surface area contributed by atoms with Gasteiger partial charge >= 0.3 is 0 Å². The van der Waals surface area contributed by atoms with Crippen LogP contribution in [0.1, 0.15) is 43.9 Å². The van der Waals surface area contributed by atoms with Gasteiger partial charge in [0.05, 0.1) is 0 Å². The summed E-state index contributed by atoms with van der Waals surface area (Å²) in [7, 11) is 0. The van der Waals surface area contributed by atoms with E-state index in [0.29, 0.717) is 6.04 Å². The molecule has 1 heterocycles. The highest BCUT2D eigenvalue weighted by Crippen LogP contribution is 2.21. The van der Waals surface area contributed by atoms with Gasteiger partial charge in [0.1, 0.15) is 0 Å². The van der Waals surface area contributed by atoms with Gasteiger partial charge in [0, 0.05) is 18.4 Å². The Morgan fingerprint density at radius 3 is 2.75 bits per heavy atom. The Labute approximate surface area is 98.8 Å². The molecule has 0 saturated carbocycles. The Morgan fingerprint density at radius 2 is 2.19 bits per heavy atom. The Bertz CT molecular complexity index is 344. The molecule has 2 nitrogen and oxygen atoms in total. The molecule has 0 radical (unpaired) electrons. The van der Waals surface area contributed by atoms with E-state index in [1.807, 2.05) is 12.4 Å². The maximum atomic E-state index is 4.25. The van der Waals surface area contributed by atoms with E-state index in [0.717, 1.165) is 19.4 Å². The summed E-state index contributed by atoms with van der Waals surface area (Å²) < 4.78 is 0. The predicted molar refractivity (Wildman–Crippen MR) is 69.4 cm³/mol. The molecule has 1 aromatic heterocycles. The summed E-state index contributed by atoms with van der Waals surface area (Å²) in [6.07, 6.45) is 5.88. The first-order valence-electron chi connectivity index (χ1n) is 5.99. The third-order valence-corrected chi connectivity index (χ3v) is 2.74. The Morgan fingerprint density at radius 1 is 1.44 bits per heavy atom. The van der Waals surface area contributed by atoms with Gasteiger partial charge in [-0.05, 0) is 37.4 Å². The van der Waals surface area contributed by atoms with E-state index < -0.39 is 0 Å². The lowest BCUT2D eigenvalue weighted by Crippen LogP contribution is -2.21. The highest BCUT2D eigenvalue weighted by molar-refractivity contribution is 5.21. The van der Waals surface area contributed by atoms with Crippen LogP contribution in [-0.4, -0.2) is 11.5 Å². The van der Waals surface area contributed by atoms with Crippen molar-refractivity contribution in [3.63, 3.8) is 0 Å². The minimum atomic E-state index is 0.352. The highest BCUT2D eigenvalue weighted by Gasteiger charge is 2.11. The van der Waals surface area contributed by atoms with Crippen LogP contribution in [0.2, 0.25) is 0 Å². The zero-order valence-corrected chi connectivity index (χ0v) is 10.6. The van der Waals surface area contributed by atoms with Crippen molar-refractivity contribution in [1.82, 2.24) is 10.3 Å². The zero-order chi connectivity index (χ0) is 12.0. The molecular weight excluding hydrogens is 196 g/mol. The maximum absolute atomic E-state index is 4.25. The lowest BCUT2D eigenvalue weighted by atomic mass is 9.99. The number of pyridine rings is 1. The molecule has 1 N–H and O–H groups in total. The molecule has 1 atom stereocenters. The van der Waals surface area contributed by atoms with Gasteiger partial charge in [-0.25, -0.2) is 0 Å². The van der Waals surface area contributed by atoms with Crippen molar-refractivity contribution in [2.75, 3.05) is 6.54 Å². The first-order valence-corrected chi connectivity index (χ1v) is 5.99. The van der Waals surface area contributed by atoms with Crippen LogP contribution in [0.15, 0.2) is 30.6 Å². The molecule has 16 heavy (non-hydrogen) atoms. The fourth-order valence-corrected chi connectivity index (χ4v) is 1.76. The third kappa shape index (κ3) is 3.78. The van der Waals surface area contributed by atoms with E-state index in [1.165, 1.54) is 16.7 Å². The minimum Gasteiger partial charge on any atom is -0.310 e. The summed E-state index contributed by atoms with van der Waals surface area (Å²) in [4.78, 5) is 4.25. The number of hydrogen-bond acceptors (Lipinski definition) is 2. The number of aryl methyl sites for hydroxylation is 1. The number of aromatic nitrogens is 1. The molecular formula is C14H22N2. The van der Waals surface area contributed by atoms with Crippen molar-refractivity contribution in [2.24, 2.45) is 0 Å². The number of nitrogens with one attached hydrogen (secondary N) is 1. The summed E-state index contributed by atoms with van der Waals surface area (Å²) >= 11 is 0. The summed E-state index contributed by atoms with van der Waals surface area (Å²) in [5.74, 6) is 0. The van der Waals surface area contributed by atoms with Crippen molar-refractivity contribution >= 4 is 0 Å². The predicted octanol–water partition coefficient (Wildman–Crippen LogP) is 3.40. The Balaban J connectivity index is 2.80. The van der Waals surface area contributed by atoms with Crippen LogP contribution in [0.5, 0.6) is 0 Å². The summed E-state index contributed by atoms with van der Waals surface area (Å²) in [5, 5.41) is 3.49. The van der Waals surface area contributed by atoms with Crippen molar-refractivity contribution in [3.05, 3.63) is 41.7 Å². The average Bonchev–Trinajstić information content (AvgIpc) is 2.28. The molecule has 0 saturated heterocycles. The third-order valence-electron chi connectivity index (χ3n) is 2.74. The first-order chi connectivity index (χ1) is 7.67. The van der Waals surface area contributed by atoms with Gasteiger partial charge in [0.15, 0.2) is 0 Å². The quantitative estimate of drug-likeness (QED) is 0.740. The normalized spacial score (nSPS) is 12.4. The van der Waals surface area contributed by atoms with E-state index in [1.54, 1.807) is 0 Å². The molecule has 0 aromatic carbocycles. The van der Waals surface area contributed by atoms with E-state index in [4.69, 9.17) is 0 Å². The minimum absolute atomic E-state index is 0.352. The van der Waals surface area contributed by atoms with Gasteiger partial charge in [-0.15, -0.1) is 0 Å². The van der Waals surface area contributed by atoms with E-state index >= 15 is 0 Å². The van der Waals surface area contributed by atoms with E-state index in [2.05, 4.69) is 43.7 Å². The largest absolute Gasteiger partial charge is 0.310 e. The zero-order valence-electron chi connectivity index (χ0n) is 10.6. The van der Waals surface area contributed by atoms with E-state index in [-0.39, 0.29) is 0 Å². The van der Waals surface area contributed by atoms with Crippen LogP contribution in [0.4, 0.5) is 0 Å². The van der Waals surface area contributed by atoms with Gasteiger partial charge in [-0.2, -0.15) is 0 Å². The molecule has 1 aromatic rings. The maximum Gasteiger partial charge on any atom is 0.0372 e. The SMILES string of the molecule is C=C(CC)CC(NCC)c1cncc(C)c1. The van der Waals surface area contributed by atoms with E-state index in [9.17, 15) is 0 Å². The van der Waals surface area contributed by atoms with Crippen LogP contribution in [0.3, 0.4) is 0 Å². The molecule has 0 aliphatic heterocycles. The molecule has 0 aliphatic rings. The molecule has 0 spiro atoms. The molecule has 1 rings (SSSR count). The topological polar surface area (TPSA) is 24.9 Å². The molecule has 0 amide bonds. The second-order valence-corrected chi connectivity index (χ2v) is 4.21. The molecule has 0 bridgehead atoms. The van der Waals surface area contributed by atoms with Gasteiger partial charge in [-0.1, -0.05) is 32.1 Å². The van der Waals surface area contributed by atoms with Crippen molar-refractivity contribution in [3.8, 4) is 0 Å². The fraction of sp³-hybridized carbons (Fsp3) is 0.500. The molecule has 88 valence electrons. The summed E-state index contributed by atoms with van der Waals surface area (Å²) in [6.45, 7) is 11.4. The lowest BCUT2D eigenvalue weighted by Gasteiger charge is -2.19. The van der Waals surface area contributed by atoms with Crippen LogP contribution < -0.4 is 5.32 Å². The summed E-state index contributed by atoms with van der Waals surface area (Å²) in [6, 6.07) is 2.55. The fourth-order valence-electron chi connectivity index (χ4n) is 1.76. The summed E-state index contributed by atoms with van der Waals surface area (Å²) in [5.41, 5.74) is 3.76. The Hall–Kier alpha value is -1.15. The van der Waals surface area contributed by atoms with Crippen LogP contribution >= 0.6 is 0 Å². The number of nitrogens with zero attached hydrogens (tertiary/aromatic N) is 1. The second-order valence-electron chi connectivity index (χ2n) is 4.21. The molecule has 1 unspecified atom stereocenters. The molecule has 2 heteroatoms. The van der Waals surface area contributed by atoms with Crippen molar-refractivity contribution < 1.29 is 0 Å². The van der Waals surface area contributed by atoms with Gasteiger partial charge in [0.25, 0.3) is 0 Å². The van der Waals surface area contributed by atoms with Gasteiger partial charge < -0.3 is 5.32 Å². The van der Waals surface area contributed by atoms with Crippen LogP contribution in [0.25, 0.3) is 0 Å². The molecule has 0 fully saturated rings. The lowest BCUT2D eigenvalue weighted by molar-refractivity contribution is 0.541. The number of rotatable bonds is 6. The second kappa shape index (κ2) is 6.44. The van der Waals surface area contributed by atoms with Crippen molar-refractivity contribution in [2.45, 2.75) is 39.7 Å². The molecule has 0 aliphatic carbocycles. The van der Waals surface area contributed by atoms with Gasteiger partial charge in [0.2, 0.25) is 0 Å².